The van der Waals surface area contributed by atoms with E-state index < -0.39 is 0 Å². The largest absolute Gasteiger partial charge is 0.393 e. The van der Waals surface area contributed by atoms with Gasteiger partial charge in [0.2, 0.25) is 0 Å². The topological polar surface area (TPSA) is 20.2 Å². The highest BCUT2D eigenvalue weighted by atomic mass is 16.3. The molecule has 1 nitrogen and oxygen atoms in total. The third kappa shape index (κ3) is 4.73. The molecule has 3 rings (SSSR count). The summed E-state index contributed by atoms with van der Waals surface area (Å²) < 4.78 is 0. The zero-order valence-corrected chi connectivity index (χ0v) is 18.9. The SMILES string of the molecule is CC(C)=CCC[C@H](C)[C@H]1CC[C@H]2C(/C=C/C3=C(C)CC[C@H](O)C3)=CCC[C@]12C. The highest BCUT2D eigenvalue weighted by Gasteiger charge is 2.49. The predicted octanol–water partition coefficient (Wildman–Crippen LogP) is 7.54. The van der Waals surface area contributed by atoms with Crippen LogP contribution in [0.3, 0.4) is 0 Å². The molecule has 28 heavy (non-hydrogen) atoms. The van der Waals surface area contributed by atoms with Crippen molar-refractivity contribution in [1.82, 2.24) is 0 Å². The molecule has 0 aromatic rings. The second-order valence-corrected chi connectivity index (χ2v) is 10.4. The van der Waals surface area contributed by atoms with Crippen LogP contribution < -0.4 is 0 Å². The third-order valence-corrected chi connectivity index (χ3v) is 8.07. The van der Waals surface area contributed by atoms with Crippen molar-refractivity contribution < 1.29 is 5.11 Å². The van der Waals surface area contributed by atoms with Crippen LogP contribution in [-0.4, -0.2) is 11.2 Å². The molecular weight excluding hydrogens is 340 g/mol. The highest BCUT2D eigenvalue weighted by Crippen LogP contribution is 2.58. The zero-order chi connectivity index (χ0) is 20.3. The molecule has 0 aliphatic heterocycles. The summed E-state index contributed by atoms with van der Waals surface area (Å²) in [5.74, 6) is 2.40. The van der Waals surface area contributed by atoms with Gasteiger partial charge in [-0.2, -0.15) is 0 Å². The van der Waals surface area contributed by atoms with Gasteiger partial charge in [-0.15, -0.1) is 0 Å². The molecule has 0 radical (unpaired) electrons. The molecule has 1 N–H and O–H groups in total. The number of hydrogen-bond acceptors (Lipinski definition) is 1. The Balaban J connectivity index is 1.70. The molecule has 3 aliphatic rings. The van der Waals surface area contributed by atoms with Crippen molar-refractivity contribution in [3.05, 3.63) is 46.6 Å². The van der Waals surface area contributed by atoms with Gasteiger partial charge in [-0.05, 0) is 113 Å². The Labute approximate surface area is 173 Å². The first-order chi connectivity index (χ1) is 13.3. The second kappa shape index (κ2) is 9.16. The van der Waals surface area contributed by atoms with E-state index in [0.717, 1.165) is 37.0 Å². The van der Waals surface area contributed by atoms with Gasteiger partial charge in [0.15, 0.2) is 0 Å². The fraction of sp³-hybridized carbons (Fsp3) is 0.704. The van der Waals surface area contributed by atoms with Crippen LogP contribution in [0.25, 0.3) is 0 Å². The smallest absolute Gasteiger partial charge is 0.0583 e. The Bertz CT molecular complexity index is 672. The lowest BCUT2D eigenvalue weighted by Crippen LogP contribution is -2.35. The first-order valence-corrected chi connectivity index (χ1v) is 11.7. The average molecular weight is 383 g/mol. The molecule has 1 fully saturated rings. The normalized spacial score (nSPS) is 34.4. The minimum atomic E-state index is -0.147. The van der Waals surface area contributed by atoms with Crippen LogP contribution in [0.5, 0.6) is 0 Å². The van der Waals surface area contributed by atoms with Crippen molar-refractivity contribution >= 4 is 0 Å². The van der Waals surface area contributed by atoms with Crippen molar-refractivity contribution in [2.24, 2.45) is 23.2 Å². The van der Waals surface area contributed by atoms with Crippen molar-refractivity contribution in [1.29, 1.82) is 0 Å². The molecule has 0 amide bonds. The van der Waals surface area contributed by atoms with E-state index in [2.05, 4.69) is 58.9 Å². The van der Waals surface area contributed by atoms with E-state index in [0.29, 0.717) is 5.41 Å². The number of allylic oxidation sites excluding steroid dienone is 7. The first-order valence-electron chi connectivity index (χ1n) is 11.7. The molecule has 1 heteroatoms. The zero-order valence-electron chi connectivity index (χ0n) is 18.9. The number of fused-ring (bicyclic) bond motifs is 1. The van der Waals surface area contributed by atoms with Crippen LogP contribution in [0.4, 0.5) is 0 Å². The molecule has 1 saturated carbocycles. The van der Waals surface area contributed by atoms with E-state index in [-0.39, 0.29) is 6.10 Å². The van der Waals surface area contributed by atoms with Crippen LogP contribution in [0, 0.1) is 23.2 Å². The van der Waals surface area contributed by atoms with Crippen LogP contribution >= 0.6 is 0 Å². The van der Waals surface area contributed by atoms with E-state index in [1.807, 2.05) is 0 Å². The fourth-order valence-corrected chi connectivity index (χ4v) is 6.30. The molecule has 0 saturated heterocycles. The first kappa shape index (κ1) is 21.6. The van der Waals surface area contributed by atoms with Crippen molar-refractivity contribution in [2.75, 3.05) is 0 Å². The summed E-state index contributed by atoms with van der Waals surface area (Å²) in [6, 6.07) is 0. The van der Waals surface area contributed by atoms with E-state index >= 15 is 0 Å². The van der Waals surface area contributed by atoms with Crippen LogP contribution in [0.2, 0.25) is 0 Å². The Morgan fingerprint density at radius 1 is 1.25 bits per heavy atom. The molecule has 0 spiro atoms. The lowest BCUT2D eigenvalue weighted by Gasteiger charge is -2.43. The van der Waals surface area contributed by atoms with E-state index in [1.165, 1.54) is 55.2 Å². The Morgan fingerprint density at radius 2 is 2.04 bits per heavy atom. The summed E-state index contributed by atoms with van der Waals surface area (Å²) in [6.45, 7) is 11.8. The standard InChI is InChI=1S/C27H42O/c1-19(2)8-6-9-21(4)25-15-16-26-22(10-7-17-27(25,26)5)12-13-23-18-24(28)14-11-20(23)3/h8,10,12-13,21,24-26,28H,6-7,9,11,14-18H2,1-5H3/b13-12+/t21-,24-,25+,26-,27+/m0/s1. The molecule has 0 heterocycles. The van der Waals surface area contributed by atoms with Gasteiger partial charge >= 0.3 is 0 Å². The fourth-order valence-electron chi connectivity index (χ4n) is 6.30. The second-order valence-electron chi connectivity index (χ2n) is 10.4. The Hall–Kier alpha value is -1.08. The number of hydrogen-bond donors (Lipinski definition) is 1. The summed E-state index contributed by atoms with van der Waals surface area (Å²) in [7, 11) is 0. The maximum Gasteiger partial charge on any atom is 0.0583 e. The summed E-state index contributed by atoms with van der Waals surface area (Å²) in [5, 5.41) is 10.0. The Kier molecular flexibility index (Phi) is 7.07. The molecule has 3 aliphatic carbocycles. The van der Waals surface area contributed by atoms with Crippen molar-refractivity contribution in [2.45, 2.75) is 98.5 Å². The molecule has 0 bridgehead atoms. The maximum absolute atomic E-state index is 10.0. The van der Waals surface area contributed by atoms with E-state index in [1.54, 1.807) is 5.57 Å². The predicted molar refractivity (Wildman–Crippen MR) is 121 cm³/mol. The van der Waals surface area contributed by atoms with Crippen molar-refractivity contribution in [3.8, 4) is 0 Å². The van der Waals surface area contributed by atoms with Gasteiger partial charge in [-0.1, -0.05) is 49.3 Å². The minimum absolute atomic E-state index is 0.147. The quantitative estimate of drug-likeness (QED) is 0.470. The van der Waals surface area contributed by atoms with Gasteiger partial charge < -0.3 is 5.11 Å². The highest BCUT2D eigenvalue weighted by molar-refractivity contribution is 5.36. The number of aliphatic hydroxyl groups excluding tert-OH is 1. The molecular formula is C27H42O. The lowest BCUT2D eigenvalue weighted by molar-refractivity contribution is 0.110. The van der Waals surface area contributed by atoms with Gasteiger partial charge in [-0.25, -0.2) is 0 Å². The molecule has 0 aromatic heterocycles. The number of rotatable bonds is 6. The summed E-state index contributed by atoms with van der Waals surface area (Å²) in [5.41, 5.74) is 6.34. The van der Waals surface area contributed by atoms with Gasteiger partial charge in [0.05, 0.1) is 6.10 Å². The minimum Gasteiger partial charge on any atom is -0.393 e. The van der Waals surface area contributed by atoms with Gasteiger partial charge in [-0.3, -0.25) is 0 Å². The van der Waals surface area contributed by atoms with Gasteiger partial charge in [0.25, 0.3) is 0 Å². The number of aliphatic hydroxyl groups is 1. The molecule has 0 unspecified atom stereocenters. The lowest BCUT2D eigenvalue weighted by atomic mass is 9.62. The van der Waals surface area contributed by atoms with Crippen LogP contribution in [-0.2, 0) is 0 Å². The third-order valence-electron chi connectivity index (χ3n) is 8.07. The van der Waals surface area contributed by atoms with E-state index in [4.69, 9.17) is 0 Å². The molecule has 5 atom stereocenters. The summed E-state index contributed by atoms with van der Waals surface area (Å²) in [4.78, 5) is 0. The molecule has 156 valence electrons. The van der Waals surface area contributed by atoms with Crippen molar-refractivity contribution in [3.63, 3.8) is 0 Å². The Morgan fingerprint density at radius 3 is 2.79 bits per heavy atom. The van der Waals surface area contributed by atoms with E-state index in [9.17, 15) is 5.11 Å². The summed E-state index contributed by atoms with van der Waals surface area (Å²) >= 11 is 0. The average Bonchev–Trinajstić information content (AvgIpc) is 2.99. The maximum atomic E-state index is 10.0. The van der Waals surface area contributed by atoms with Gasteiger partial charge in [0, 0.05) is 0 Å². The monoisotopic (exact) mass is 382 g/mol. The van der Waals surface area contributed by atoms with Crippen LogP contribution in [0.1, 0.15) is 92.4 Å². The van der Waals surface area contributed by atoms with Gasteiger partial charge in [0.1, 0.15) is 0 Å². The molecule has 0 aromatic carbocycles. The summed E-state index contributed by atoms with van der Waals surface area (Å²) in [6.07, 6.45) is 20.2. The van der Waals surface area contributed by atoms with Crippen LogP contribution in [0.15, 0.2) is 46.6 Å².